The van der Waals surface area contributed by atoms with E-state index >= 15 is 0 Å². The maximum absolute atomic E-state index is 13.2. The summed E-state index contributed by atoms with van der Waals surface area (Å²) in [5.41, 5.74) is -1.23. The predicted octanol–water partition coefficient (Wildman–Crippen LogP) is 2.26. The average molecular weight is 488 g/mol. The highest BCUT2D eigenvalue weighted by Gasteiger charge is 2.49. The maximum Gasteiger partial charge on any atom is 0.278 e. The van der Waals surface area contributed by atoms with E-state index in [0.29, 0.717) is 31.2 Å². The van der Waals surface area contributed by atoms with Crippen molar-refractivity contribution in [2.24, 2.45) is 0 Å². The number of pyridine rings is 1. The molecular weight excluding hydrogens is 461 g/mol. The van der Waals surface area contributed by atoms with E-state index in [-0.39, 0.29) is 33.6 Å². The Hall–Kier alpha value is -3.18. The van der Waals surface area contributed by atoms with Crippen LogP contribution in [0.5, 0.6) is 5.75 Å². The van der Waals surface area contributed by atoms with Crippen LogP contribution in [-0.4, -0.2) is 61.6 Å². The van der Waals surface area contributed by atoms with Gasteiger partial charge in [-0.1, -0.05) is 23.9 Å². The van der Waals surface area contributed by atoms with Crippen LogP contribution in [0.3, 0.4) is 0 Å². The molecule has 11 heteroatoms. The number of carbonyl (C=O) groups is 1. The molecule has 0 bridgehead atoms. The number of aromatic hydroxyl groups is 1. The Morgan fingerprint density at radius 2 is 1.79 bits per heavy atom. The maximum atomic E-state index is 13.2. The molecular formula is C23H26FN5O4S. The first kappa shape index (κ1) is 24.0. The van der Waals surface area contributed by atoms with E-state index in [0.717, 1.165) is 11.8 Å². The minimum atomic E-state index is -0.858. The van der Waals surface area contributed by atoms with Crippen molar-refractivity contribution in [3.8, 4) is 5.75 Å². The molecule has 0 unspecified atom stereocenters. The number of hydrogen-bond donors (Lipinski definition) is 4. The zero-order valence-corrected chi connectivity index (χ0v) is 19.7. The smallest absolute Gasteiger partial charge is 0.278 e. The third-order valence-electron chi connectivity index (χ3n) is 6.73. The SMILES string of the molecule is CN1C(=O)c2c(O)c(=O)c(C(=N)SC(=N)Cc3ccc(F)cc3)cn2N(C)C12CCC(O)CC2. The average Bonchev–Trinajstić information content (AvgIpc) is 2.80. The highest BCUT2D eigenvalue weighted by atomic mass is 32.2. The summed E-state index contributed by atoms with van der Waals surface area (Å²) >= 11 is 0.757. The molecule has 0 atom stereocenters. The van der Waals surface area contributed by atoms with Crippen molar-refractivity contribution in [2.45, 2.75) is 43.9 Å². The van der Waals surface area contributed by atoms with E-state index in [4.69, 9.17) is 10.8 Å². The summed E-state index contributed by atoms with van der Waals surface area (Å²) in [6, 6.07) is 5.67. The molecule has 1 aliphatic carbocycles. The number of amides is 1. The number of halogens is 1. The summed E-state index contributed by atoms with van der Waals surface area (Å²) in [6.07, 6.45) is 3.08. The molecule has 2 aliphatic rings. The molecule has 2 aromatic rings. The van der Waals surface area contributed by atoms with Crippen molar-refractivity contribution < 1.29 is 19.4 Å². The highest BCUT2D eigenvalue weighted by Crippen LogP contribution is 2.39. The molecule has 4 N–H and O–H groups in total. The fourth-order valence-corrected chi connectivity index (χ4v) is 5.42. The topological polar surface area (TPSA) is 134 Å². The second kappa shape index (κ2) is 8.88. The standard InChI is InChI=1S/C23H26FN5O4S/c1-27-22(33)18-20(32)19(31)16(12-29(18)28(2)23(27)9-7-15(30)8-10-23)21(26)34-17(25)11-13-3-5-14(24)6-4-13/h3-6,12,15,25-26,30,32H,7-11H2,1-2H3. The Labute approximate surface area is 199 Å². The first-order valence-corrected chi connectivity index (χ1v) is 11.6. The van der Waals surface area contributed by atoms with Crippen molar-refractivity contribution in [3.05, 3.63) is 63.3 Å². The quantitative estimate of drug-likeness (QED) is 0.388. The molecule has 1 aliphatic heterocycles. The summed E-state index contributed by atoms with van der Waals surface area (Å²) in [5, 5.41) is 38.9. The monoisotopic (exact) mass is 487 g/mol. The molecule has 9 nitrogen and oxygen atoms in total. The molecule has 1 fully saturated rings. The molecule has 1 amide bonds. The van der Waals surface area contributed by atoms with Crippen LogP contribution in [0.15, 0.2) is 35.3 Å². The molecule has 1 aromatic carbocycles. The summed E-state index contributed by atoms with van der Waals surface area (Å²) in [4.78, 5) is 27.6. The number of hydrogen-bond acceptors (Lipinski definition) is 8. The van der Waals surface area contributed by atoms with Gasteiger partial charge in [0.15, 0.2) is 11.4 Å². The van der Waals surface area contributed by atoms with Crippen LogP contribution in [0.1, 0.15) is 47.3 Å². The minimum absolute atomic E-state index is 0.0696. The van der Waals surface area contributed by atoms with Gasteiger partial charge in [0, 0.05) is 26.7 Å². The lowest BCUT2D eigenvalue weighted by Gasteiger charge is -2.55. The summed E-state index contributed by atoms with van der Waals surface area (Å²) in [6.45, 7) is 0. The number of rotatable bonds is 3. The van der Waals surface area contributed by atoms with Gasteiger partial charge in [-0.05, 0) is 43.4 Å². The minimum Gasteiger partial charge on any atom is -0.502 e. The third-order valence-corrected chi connectivity index (χ3v) is 7.54. The summed E-state index contributed by atoms with van der Waals surface area (Å²) in [5.74, 6) is -1.65. The number of nitrogens with one attached hydrogen (secondary N) is 2. The molecule has 180 valence electrons. The van der Waals surface area contributed by atoms with E-state index in [1.807, 2.05) is 0 Å². The van der Waals surface area contributed by atoms with E-state index in [1.54, 1.807) is 31.2 Å². The Kier molecular flexibility index (Phi) is 6.26. The number of aliphatic hydroxyl groups is 1. The van der Waals surface area contributed by atoms with Crippen molar-refractivity contribution in [3.63, 3.8) is 0 Å². The second-order valence-electron chi connectivity index (χ2n) is 8.67. The van der Waals surface area contributed by atoms with Gasteiger partial charge in [-0.25, -0.2) is 4.39 Å². The largest absolute Gasteiger partial charge is 0.502 e. The van der Waals surface area contributed by atoms with Gasteiger partial charge >= 0.3 is 0 Å². The second-order valence-corrected chi connectivity index (χ2v) is 9.78. The Morgan fingerprint density at radius 3 is 2.41 bits per heavy atom. The number of benzene rings is 1. The zero-order chi connectivity index (χ0) is 24.8. The van der Waals surface area contributed by atoms with Crippen LogP contribution in [0.2, 0.25) is 0 Å². The molecule has 34 heavy (non-hydrogen) atoms. The van der Waals surface area contributed by atoms with Crippen LogP contribution in [0.25, 0.3) is 0 Å². The fourth-order valence-electron chi connectivity index (χ4n) is 4.68. The van der Waals surface area contributed by atoms with Gasteiger partial charge < -0.3 is 15.1 Å². The van der Waals surface area contributed by atoms with Crippen molar-refractivity contribution in [1.29, 1.82) is 10.8 Å². The van der Waals surface area contributed by atoms with Crippen LogP contribution in [0, 0.1) is 16.6 Å². The number of nitrogens with zero attached hydrogens (tertiary/aromatic N) is 3. The normalized spacial score (nSPS) is 22.1. The molecule has 2 heterocycles. The number of aliphatic hydroxyl groups excluding tert-OH is 1. The number of fused-ring (bicyclic) bond motifs is 1. The number of thioether (sulfide) groups is 1. The van der Waals surface area contributed by atoms with Crippen molar-refractivity contribution in [2.75, 3.05) is 19.1 Å². The van der Waals surface area contributed by atoms with Crippen molar-refractivity contribution in [1.82, 2.24) is 9.58 Å². The van der Waals surface area contributed by atoms with E-state index in [1.165, 1.54) is 27.9 Å². The molecule has 1 saturated carbocycles. The third kappa shape index (κ3) is 3.98. The molecule has 0 saturated heterocycles. The number of carbonyl (C=O) groups excluding carboxylic acids is 1. The first-order valence-electron chi connectivity index (χ1n) is 10.8. The van der Waals surface area contributed by atoms with E-state index in [9.17, 15) is 24.2 Å². The van der Waals surface area contributed by atoms with E-state index in [2.05, 4.69) is 0 Å². The van der Waals surface area contributed by atoms with Crippen LogP contribution < -0.4 is 10.4 Å². The van der Waals surface area contributed by atoms with E-state index < -0.39 is 28.9 Å². The highest BCUT2D eigenvalue weighted by molar-refractivity contribution is 8.26. The van der Waals surface area contributed by atoms with Gasteiger partial charge in [-0.15, -0.1) is 0 Å². The summed E-state index contributed by atoms with van der Waals surface area (Å²) < 4.78 is 14.5. The Bertz CT molecular complexity index is 1220. The number of aromatic nitrogens is 1. The van der Waals surface area contributed by atoms with Crippen LogP contribution in [-0.2, 0) is 6.42 Å². The predicted molar refractivity (Wildman–Crippen MR) is 128 cm³/mol. The molecule has 1 aromatic heterocycles. The molecule has 4 rings (SSSR count). The van der Waals surface area contributed by atoms with Gasteiger partial charge in [0.05, 0.1) is 16.7 Å². The first-order chi connectivity index (χ1) is 16.0. The molecule has 1 spiro atoms. The fraction of sp³-hybridized carbons (Fsp3) is 0.391. The summed E-state index contributed by atoms with van der Waals surface area (Å²) in [7, 11) is 3.36. The molecule has 0 radical (unpaired) electrons. The zero-order valence-electron chi connectivity index (χ0n) is 18.8. The van der Waals surface area contributed by atoms with Gasteiger partial charge in [0.1, 0.15) is 16.5 Å². The van der Waals surface area contributed by atoms with Gasteiger partial charge in [-0.3, -0.25) is 30.1 Å². The van der Waals surface area contributed by atoms with Crippen LogP contribution in [0.4, 0.5) is 4.39 Å². The van der Waals surface area contributed by atoms with Crippen molar-refractivity contribution >= 4 is 27.8 Å². The Balaban J connectivity index is 1.65. The lowest BCUT2D eigenvalue weighted by atomic mass is 9.84. The lowest BCUT2D eigenvalue weighted by Crippen LogP contribution is -2.69. The Morgan fingerprint density at radius 1 is 1.18 bits per heavy atom. The van der Waals surface area contributed by atoms with Gasteiger partial charge in [0.2, 0.25) is 5.43 Å². The van der Waals surface area contributed by atoms with Gasteiger partial charge in [0.25, 0.3) is 5.91 Å². The van der Waals surface area contributed by atoms with Crippen LogP contribution >= 0.6 is 11.8 Å². The lowest BCUT2D eigenvalue weighted by molar-refractivity contribution is -0.000559. The van der Waals surface area contributed by atoms with Gasteiger partial charge in [-0.2, -0.15) is 0 Å².